The number of nitrogens with two attached hydrogens (primary N) is 1. The Labute approximate surface area is 127 Å². The average Bonchev–Trinajstić information content (AvgIpc) is 2.97. The zero-order chi connectivity index (χ0) is 14.3. The summed E-state index contributed by atoms with van der Waals surface area (Å²) in [6.07, 6.45) is 1.62. The molecule has 2 aliphatic heterocycles. The Morgan fingerprint density at radius 3 is 3.15 bits per heavy atom. The molecule has 3 heterocycles. The number of carbonyl (C=O) groups excluding carboxylic acids is 1. The zero-order valence-corrected chi connectivity index (χ0v) is 12.7. The van der Waals surface area contributed by atoms with Gasteiger partial charge in [-0.1, -0.05) is 0 Å². The monoisotopic (exact) mass is 332 g/mol. The lowest BCUT2D eigenvalue weighted by Crippen LogP contribution is -2.72. The number of hydrogen-bond donors (Lipinski definition) is 2. The lowest BCUT2D eigenvalue weighted by atomic mass is 9.89. The molecule has 108 valence electrons. The highest BCUT2D eigenvalue weighted by Gasteiger charge is 2.55. The number of fused-ring (bicyclic) bond motifs is 1. The van der Waals surface area contributed by atoms with Crippen LogP contribution in [0.1, 0.15) is 0 Å². The Bertz CT molecular complexity index is 540. The van der Waals surface area contributed by atoms with E-state index in [1.54, 1.807) is 11.1 Å². The number of amides is 1. The summed E-state index contributed by atoms with van der Waals surface area (Å²) in [5, 5.41) is 10.2. The van der Waals surface area contributed by atoms with Gasteiger partial charge < -0.3 is 15.7 Å². The molecule has 0 aliphatic carbocycles. The van der Waals surface area contributed by atoms with Gasteiger partial charge >= 0.3 is 5.97 Å². The van der Waals surface area contributed by atoms with E-state index in [1.165, 1.54) is 23.5 Å². The number of nitrogens with zero attached hydrogens (tertiary/aromatic N) is 3. The molecule has 2 unspecified atom stereocenters. The van der Waals surface area contributed by atoms with E-state index in [9.17, 15) is 14.7 Å². The molecular formula is C10H12N4O3S3. The van der Waals surface area contributed by atoms with E-state index in [2.05, 4.69) is 8.75 Å². The van der Waals surface area contributed by atoms with Crippen molar-refractivity contribution in [2.45, 2.75) is 16.4 Å². The Balaban J connectivity index is 1.72. The fraction of sp³-hybridized carbons (Fsp3) is 0.600. The fourth-order valence-electron chi connectivity index (χ4n) is 2.24. The first-order valence-electron chi connectivity index (χ1n) is 5.85. The minimum atomic E-state index is -0.953. The molecule has 2 saturated heterocycles. The lowest BCUT2D eigenvalue weighted by Gasteiger charge is -2.52. The number of carbonyl (C=O) groups is 2. The lowest BCUT2D eigenvalue weighted by molar-refractivity contribution is -0.155. The largest absolute Gasteiger partial charge is 0.481 e. The molecule has 2 aliphatic rings. The summed E-state index contributed by atoms with van der Waals surface area (Å²) < 4.78 is 7.95. The summed E-state index contributed by atoms with van der Waals surface area (Å²) in [4.78, 5) is 25.0. The van der Waals surface area contributed by atoms with E-state index in [0.717, 1.165) is 16.8 Å². The van der Waals surface area contributed by atoms with Crippen LogP contribution in [0.3, 0.4) is 0 Å². The smallest absolute Gasteiger partial charge is 0.313 e. The molecule has 1 amide bonds. The van der Waals surface area contributed by atoms with Gasteiger partial charge in [-0.25, -0.2) is 0 Å². The highest BCUT2D eigenvalue weighted by molar-refractivity contribution is 8.00. The van der Waals surface area contributed by atoms with Crippen molar-refractivity contribution in [3.63, 3.8) is 0 Å². The quantitative estimate of drug-likeness (QED) is 0.583. The van der Waals surface area contributed by atoms with Crippen LogP contribution in [0.25, 0.3) is 0 Å². The summed E-state index contributed by atoms with van der Waals surface area (Å²) in [7, 11) is 0. The SMILES string of the molecule is NC1C(=O)N2CC(CSc3cnsn3)(C(=O)O)CS[C@H]12. The van der Waals surface area contributed by atoms with Crippen molar-refractivity contribution < 1.29 is 14.7 Å². The minimum Gasteiger partial charge on any atom is -0.481 e. The van der Waals surface area contributed by atoms with Crippen LogP contribution in [0.4, 0.5) is 0 Å². The molecule has 0 aromatic carbocycles. The van der Waals surface area contributed by atoms with Gasteiger partial charge in [-0.05, 0) is 0 Å². The van der Waals surface area contributed by atoms with Crippen LogP contribution in [0.5, 0.6) is 0 Å². The zero-order valence-electron chi connectivity index (χ0n) is 10.3. The van der Waals surface area contributed by atoms with Crippen molar-refractivity contribution in [1.82, 2.24) is 13.6 Å². The van der Waals surface area contributed by atoms with Crippen LogP contribution in [0.2, 0.25) is 0 Å². The van der Waals surface area contributed by atoms with Gasteiger partial charge in [-0.3, -0.25) is 9.59 Å². The van der Waals surface area contributed by atoms with Crippen LogP contribution in [-0.4, -0.2) is 60.1 Å². The summed E-state index contributed by atoms with van der Waals surface area (Å²) in [5.41, 5.74) is 4.76. The molecule has 0 radical (unpaired) electrons. The second kappa shape index (κ2) is 5.17. The normalized spacial score (nSPS) is 32.6. The van der Waals surface area contributed by atoms with Crippen LogP contribution >= 0.6 is 35.3 Å². The molecule has 3 N–H and O–H groups in total. The summed E-state index contributed by atoms with van der Waals surface area (Å²) in [6, 6.07) is -0.484. The number of carboxylic acids is 1. The number of carboxylic acid groups (broad SMARTS) is 1. The van der Waals surface area contributed by atoms with E-state index >= 15 is 0 Å². The molecule has 20 heavy (non-hydrogen) atoms. The first-order chi connectivity index (χ1) is 9.53. The maximum atomic E-state index is 11.7. The molecule has 3 rings (SSSR count). The molecule has 1 aromatic heterocycles. The first-order valence-corrected chi connectivity index (χ1v) is 8.61. The third-order valence-electron chi connectivity index (χ3n) is 3.48. The van der Waals surface area contributed by atoms with Gasteiger partial charge in [0.1, 0.15) is 21.9 Å². The van der Waals surface area contributed by atoms with E-state index in [1.807, 2.05) is 0 Å². The Morgan fingerprint density at radius 2 is 2.50 bits per heavy atom. The fourth-order valence-corrected chi connectivity index (χ4v) is 5.42. The van der Waals surface area contributed by atoms with Crippen LogP contribution in [0, 0.1) is 5.41 Å². The van der Waals surface area contributed by atoms with Crippen LogP contribution in [0.15, 0.2) is 11.2 Å². The first kappa shape index (κ1) is 14.1. The number of hydrogen-bond acceptors (Lipinski definition) is 8. The highest BCUT2D eigenvalue weighted by Crippen LogP contribution is 2.43. The number of thioether (sulfide) groups is 2. The number of β-lactam (4-membered cyclic amide) rings is 1. The number of aromatic nitrogens is 2. The second-order valence-corrected chi connectivity index (χ2v) is 7.47. The molecule has 0 spiro atoms. The van der Waals surface area contributed by atoms with Crippen molar-refractivity contribution in [2.24, 2.45) is 11.1 Å². The standard InChI is InChI=1S/C10H12N4O3S3/c11-6-7(15)14-2-10(9(16)17,4-19-8(6)14)3-18-5-1-12-20-13-5/h1,6,8H,2-4,11H2,(H,16,17)/t6?,8-,10?/m1/s1. The maximum Gasteiger partial charge on any atom is 0.313 e. The third kappa shape index (κ3) is 2.20. The highest BCUT2D eigenvalue weighted by atomic mass is 32.2. The number of rotatable bonds is 4. The van der Waals surface area contributed by atoms with Crippen LogP contribution < -0.4 is 5.73 Å². The average molecular weight is 332 g/mol. The van der Waals surface area contributed by atoms with E-state index in [-0.39, 0.29) is 17.8 Å². The van der Waals surface area contributed by atoms with Crippen molar-refractivity contribution in [3.05, 3.63) is 6.20 Å². The molecule has 0 bridgehead atoms. The van der Waals surface area contributed by atoms with Gasteiger partial charge in [0.05, 0.1) is 17.9 Å². The third-order valence-corrected chi connectivity index (χ3v) is 6.87. The molecule has 7 nitrogen and oxygen atoms in total. The Hall–Kier alpha value is -0.840. The predicted octanol–water partition coefficient (Wildman–Crippen LogP) is -0.0564. The van der Waals surface area contributed by atoms with Crippen LogP contribution in [-0.2, 0) is 9.59 Å². The summed E-state index contributed by atoms with van der Waals surface area (Å²) >= 11 is 3.91. The van der Waals surface area contributed by atoms with Gasteiger partial charge in [-0.2, -0.15) is 8.75 Å². The van der Waals surface area contributed by atoms with Gasteiger partial charge in [0.15, 0.2) is 0 Å². The van der Waals surface area contributed by atoms with Gasteiger partial charge in [0.2, 0.25) is 5.91 Å². The Morgan fingerprint density at radius 1 is 1.70 bits per heavy atom. The van der Waals surface area contributed by atoms with Crippen molar-refractivity contribution >= 4 is 47.1 Å². The second-order valence-electron chi connectivity index (χ2n) is 4.81. The summed E-state index contributed by atoms with van der Waals surface area (Å²) in [6.45, 7) is 0.219. The van der Waals surface area contributed by atoms with Gasteiger partial charge in [-0.15, -0.1) is 23.5 Å². The predicted molar refractivity (Wildman–Crippen MR) is 76.6 cm³/mol. The van der Waals surface area contributed by atoms with E-state index in [0.29, 0.717) is 11.5 Å². The summed E-state index contributed by atoms with van der Waals surface area (Å²) in [5.74, 6) is -0.220. The molecule has 1 aromatic rings. The topological polar surface area (TPSA) is 109 Å². The molecule has 10 heteroatoms. The van der Waals surface area contributed by atoms with E-state index < -0.39 is 17.4 Å². The van der Waals surface area contributed by atoms with Crippen molar-refractivity contribution in [1.29, 1.82) is 0 Å². The Kier molecular flexibility index (Phi) is 3.65. The van der Waals surface area contributed by atoms with Crippen molar-refractivity contribution in [3.8, 4) is 0 Å². The molecule has 0 saturated carbocycles. The maximum absolute atomic E-state index is 11.7. The van der Waals surface area contributed by atoms with Gasteiger partial charge in [0, 0.05) is 18.1 Å². The van der Waals surface area contributed by atoms with Gasteiger partial charge in [0.25, 0.3) is 0 Å². The molecule has 2 fully saturated rings. The molecule has 3 atom stereocenters. The minimum absolute atomic E-state index is 0.0686. The van der Waals surface area contributed by atoms with Crippen molar-refractivity contribution in [2.75, 3.05) is 18.1 Å². The number of aliphatic carboxylic acids is 1. The molecular weight excluding hydrogens is 320 g/mol. The van der Waals surface area contributed by atoms with E-state index in [4.69, 9.17) is 5.73 Å².